The van der Waals surface area contributed by atoms with E-state index in [9.17, 15) is 14.4 Å². The number of ether oxygens (including phenoxy) is 2. The smallest absolute Gasteiger partial charge is 0.338 e. The highest BCUT2D eigenvalue weighted by molar-refractivity contribution is 6.34. The van der Waals surface area contributed by atoms with Gasteiger partial charge in [-0.05, 0) is 49.2 Å². The van der Waals surface area contributed by atoms with Crippen LogP contribution in [0, 0.1) is 13.8 Å². The minimum absolute atomic E-state index is 0.120. The molecular formula is C19H17ClN2O5. The lowest BCUT2D eigenvalue weighted by Crippen LogP contribution is -2.25. The van der Waals surface area contributed by atoms with Gasteiger partial charge in [-0.15, -0.1) is 0 Å². The molecule has 2 aromatic rings. The van der Waals surface area contributed by atoms with E-state index in [2.05, 4.69) is 10.6 Å². The van der Waals surface area contributed by atoms with Crippen LogP contribution in [-0.4, -0.2) is 31.0 Å². The Kier molecular flexibility index (Phi) is 5.32. The van der Waals surface area contributed by atoms with E-state index in [-0.39, 0.29) is 18.1 Å². The fourth-order valence-corrected chi connectivity index (χ4v) is 3.03. The fraction of sp³-hybridized carbons (Fsp3) is 0.211. The van der Waals surface area contributed by atoms with Crippen molar-refractivity contribution in [3.63, 3.8) is 0 Å². The van der Waals surface area contributed by atoms with Gasteiger partial charge in [0.2, 0.25) is 0 Å². The van der Waals surface area contributed by atoms with Crippen LogP contribution in [0.2, 0.25) is 5.02 Å². The van der Waals surface area contributed by atoms with E-state index in [0.717, 1.165) is 11.1 Å². The highest BCUT2D eigenvalue weighted by Crippen LogP contribution is 2.29. The summed E-state index contributed by atoms with van der Waals surface area (Å²) in [4.78, 5) is 35.5. The fourth-order valence-electron chi connectivity index (χ4n) is 2.67. The summed E-state index contributed by atoms with van der Waals surface area (Å²) >= 11 is 6.15. The van der Waals surface area contributed by atoms with Crippen LogP contribution >= 0.6 is 11.6 Å². The second kappa shape index (κ2) is 7.67. The number of aryl methyl sites for hydroxylation is 2. The third-order valence-corrected chi connectivity index (χ3v) is 4.18. The number of fused-ring (bicyclic) bond motifs is 1. The predicted octanol–water partition coefficient (Wildman–Crippen LogP) is 3.08. The van der Waals surface area contributed by atoms with Crippen LogP contribution < -0.4 is 15.4 Å². The molecule has 1 heterocycles. The molecule has 27 heavy (non-hydrogen) atoms. The van der Waals surface area contributed by atoms with Gasteiger partial charge < -0.3 is 20.1 Å². The predicted molar refractivity (Wildman–Crippen MR) is 100 cm³/mol. The number of esters is 1. The second-order valence-corrected chi connectivity index (χ2v) is 6.52. The van der Waals surface area contributed by atoms with E-state index in [1.165, 1.54) is 12.1 Å². The Morgan fingerprint density at radius 3 is 2.78 bits per heavy atom. The number of nitrogens with one attached hydrogen (secondary N) is 2. The molecular weight excluding hydrogens is 372 g/mol. The van der Waals surface area contributed by atoms with Crippen molar-refractivity contribution < 1.29 is 23.9 Å². The molecule has 0 bridgehead atoms. The number of benzene rings is 2. The molecule has 0 atom stereocenters. The molecule has 3 rings (SSSR count). The average molecular weight is 389 g/mol. The lowest BCUT2D eigenvalue weighted by atomic mass is 10.1. The number of rotatable bonds is 4. The molecule has 7 nitrogen and oxygen atoms in total. The molecule has 0 fully saturated rings. The molecule has 1 aliphatic rings. The first kappa shape index (κ1) is 18.7. The van der Waals surface area contributed by atoms with E-state index in [0.29, 0.717) is 22.1 Å². The Morgan fingerprint density at radius 1 is 1.26 bits per heavy atom. The summed E-state index contributed by atoms with van der Waals surface area (Å²) in [7, 11) is 0. The van der Waals surface area contributed by atoms with Crippen molar-refractivity contribution in [1.29, 1.82) is 0 Å². The Balaban J connectivity index is 1.61. The summed E-state index contributed by atoms with van der Waals surface area (Å²) in [5, 5.41) is 5.69. The molecule has 0 spiro atoms. The Hall–Kier alpha value is -3.06. The van der Waals surface area contributed by atoms with E-state index in [1.807, 2.05) is 19.9 Å². The molecule has 140 valence electrons. The van der Waals surface area contributed by atoms with Gasteiger partial charge >= 0.3 is 5.97 Å². The zero-order chi connectivity index (χ0) is 19.6. The van der Waals surface area contributed by atoms with Gasteiger partial charge in [-0.25, -0.2) is 4.79 Å². The Labute approximate surface area is 160 Å². The molecule has 0 radical (unpaired) electrons. The molecule has 0 saturated carbocycles. The number of carbonyl (C=O) groups excluding carboxylic acids is 3. The van der Waals surface area contributed by atoms with E-state index < -0.39 is 18.5 Å². The minimum Gasteiger partial charge on any atom is -0.482 e. The van der Waals surface area contributed by atoms with Crippen LogP contribution in [0.1, 0.15) is 21.5 Å². The first-order valence-electron chi connectivity index (χ1n) is 8.14. The van der Waals surface area contributed by atoms with E-state index in [4.69, 9.17) is 21.1 Å². The van der Waals surface area contributed by atoms with E-state index in [1.54, 1.807) is 12.1 Å². The van der Waals surface area contributed by atoms with Crippen LogP contribution in [0.15, 0.2) is 30.3 Å². The van der Waals surface area contributed by atoms with Gasteiger partial charge in [0, 0.05) is 0 Å². The topological polar surface area (TPSA) is 93.7 Å². The third kappa shape index (κ3) is 4.38. The lowest BCUT2D eigenvalue weighted by Gasteiger charge is -2.18. The van der Waals surface area contributed by atoms with Gasteiger partial charge in [-0.2, -0.15) is 0 Å². The molecule has 8 heteroatoms. The van der Waals surface area contributed by atoms with Crippen molar-refractivity contribution >= 4 is 40.8 Å². The minimum atomic E-state index is -0.680. The van der Waals surface area contributed by atoms with Crippen molar-refractivity contribution in [2.45, 2.75) is 13.8 Å². The SMILES string of the molecule is Cc1cc(C)c(NC(=O)COC(=O)c2ccc3c(c2)OCC(=O)N3)c(Cl)c1. The zero-order valence-electron chi connectivity index (χ0n) is 14.7. The highest BCUT2D eigenvalue weighted by atomic mass is 35.5. The number of hydrogen-bond donors (Lipinski definition) is 2. The summed E-state index contributed by atoms with van der Waals surface area (Å²) < 4.78 is 10.3. The Morgan fingerprint density at radius 2 is 2.04 bits per heavy atom. The summed E-state index contributed by atoms with van der Waals surface area (Å²) in [5.41, 5.74) is 2.97. The second-order valence-electron chi connectivity index (χ2n) is 6.11. The maximum absolute atomic E-state index is 12.2. The number of halogens is 1. The molecule has 0 saturated heterocycles. The lowest BCUT2D eigenvalue weighted by molar-refractivity contribution is -0.119. The average Bonchev–Trinajstić information content (AvgIpc) is 2.62. The van der Waals surface area contributed by atoms with Crippen LogP contribution in [0.5, 0.6) is 5.75 Å². The summed E-state index contributed by atoms with van der Waals surface area (Å²) in [5.74, 6) is -1.08. The molecule has 2 aromatic carbocycles. The monoisotopic (exact) mass is 388 g/mol. The largest absolute Gasteiger partial charge is 0.482 e. The maximum atomic E-state index is 12.2. The van der Waals surface area contributed by atoms with Gasteiger partial charge in [0.15, 0.2) is 13.2 Å². The molecule has 0 unspecified atom stereocenters. The highest BCUT2D eigenvalue weighted by Gasteiger charge is 2.19. The number of anilines is 2. The van der Waals surface area contributed by atoms with Crippen LogP contribution in [0.3, 0.4) is 0 Å². The first-order valence-corrected chi connectivity index (χ1v) is 8.51. The summed E-state index contributed by atoms with van der Waals surface area (Å²) in [6.45, 7) is 3.15. The quantitative estimate of drug-likeness (QED) is 0.785. The standard InChI is InChI=1S/C19H17ClN2O5/c1-10-5-11(2)18(13(20)6-10)22-17(24)9-27-19(25)12-3-4-14-15(7-12)26-8-16(23)21-14/h3-7H,8-9H2,1-2H3,(H,21,23)(H,22,24). The summed E-state index contributed by atoms with van der Waals surface area (Å²) in [6, 6.07) is 8.10. The van der Waals surface area contributed by atoms with Crippen LogP contribution in [0.25, 0.3) is 0 Å². The van der Waals surface area contributed by atoms with Crippen molar-refractivity contribution in [2.24, 2.45) is 0 Å². The van der Waals surface area contributed by atoms with Gasteiger partial charge in [-0.3, -0.25) is 9.59 Å². The molecule has 0 aliphatic carbocycles. The number of hydrogen-bond acceptors (Lipinski definition) is 5. The third-order valence-electron chi connectivity index (χ3n) is 3.88. The Bertz CT molecular complexity index is 919. The zero-order valence-corrected chi connectivity index (χ0v) is 15.5. The van der Waals surface area contributed by atoms with E-state index >= 15 is 0 Å². The van der Waals surface area contributed by atoms with Gasteiger partial charge in [0.05, 0.1) is 22.0 Å². The van der Waals surface area contributed by atoms with Gasteiger partial charge in [0.1, 0.15) is 5.75 Å². The normalized spacial score (nSPS) is 12.5. The molecule has 2 amide bonds. The van der Waals surface area contributed by atoms with Crippen LogP contribution in [-0.2, 0) is 14.3 Å². The van der Waals surface area contributed by atoms with Gasteiger partial charge in [-0.1, -0.05) is 17.7 Å². The van der Waals surface area contributed by atoms with Crippen molar-refractivity contribution in [1.82, 2.24) is 0 Å². The molecule has 2 N–H and O–H groups in total. The van der Waals surface area contributed by atoms with Crippen molar-refractivity contribution in [3.05, 3.63) is 52.0 Å². The first-order chi connectivity index (χ1) is 12.8. The molecule has 0 aromatic heterocycles. The molecule has 1 aliphatic heterocycles. The summed E-state index contributed by atoms with van der Waals surface area (Å²) in [6.07, 6.45) is 0. The number of amides is 2. The van der Waals surface area contributed by atoms with Crippen LogP contribution in [0.4, 0.5) is 11.4 Å². The van der Waals surface area contributed by atoms with Crippen molar-refractivity contribution in [2.75, 3.05) is 23.8 Å². The van der Waals surface area contributed by atoms with Gasteiger partial charge in [0.25, 0.3) is 11.8 Å². The van der Waals surface area contributed by atoms with Crippen molar-refractivity contribution in [3.8, 4) is 5.75 Å². The number of carbonyl (C=O) groups is 3. The maximum Gasteiger partial charge on any atom is 0.338 e.